The SMILES string of the molecule is CC(C)(C)c1cc(Br)ccc1OCC(=O)Nc1nc2c(s1)CCCC2. The predicted molar refractivity (Wildman–Crippen MR) is 106 cm³/mol. The van der Waals surface area contributed by atoms with Gasteiger partial charge in [0.15, 0.2) is 11.7 Å². The molecule has 6 heteroatoms. The Morgan fingerprint density at radius 1 is 1.32 bits per heavy atom. The van der Waals surface area contributed by atoms with E-state index in [4.69, 9.17) is 4.74 Å². The lowest BCUT2D eigenvalue weighted by molar-refractivity contribution is -0.118. The summed E-state index contributed by atoms with van der Waals surface area (Å²) in [7, 11) is 0. The first kappa shape index (κ1) is 18.4. The largest absolute Gasteiger partial charge is 0.483 e. The molecule has 1 aliphatic carbocycles. The highest BCUT2D eigenvalue weighted by molar-refractivity contribution is 9.10. The summed E-state index contributed by atoms with van der Waals surface area (Å²) >= 11 is 5.09. The van der Waals surface area contributed by atoms with Crippen LogP contribution in [0.5, 0.6) is 5.75 Å². The first-order valence-corrected chi connectivity index (χ1v) is 10.1. The number of aromatic nitrogens is 1. The van der Waals surface area contributed by atoms with Crippen LogP contribution in [-0.4, -0.2) is 17.5 Å². The van der Waals surface area contributed by atoms with Gasteiger partial charge in [-0.1, -0.05) is 36.7 Å². The maximum atomic E-state index is 12.2. The number of carbonyl (C=O) groups is 1. The van der Waals surface area contributed by atoms with Crippen LogP contribution < -0.4 is 10.1 Å². The molecule has 4 nitrogen and oxygen atoms in total. The fourth-order valence-corrected chi connectivity index (χ4v) is 4.35. The molecule has 0 saturated carbocycles. The zero-order chi connectivity index (χ0) is 18.0. The molecule has 2 aromatic rings. The van der Waals surface area contributed by atoms with E-state index in [1.807, 2.05) is 18.2 Å². The fraction of sp³-hybridized carbons (Fsp3) is 0.474. The molecule has 0 aliphatic heterocycles. The molecule has 134 valence electrons. The summed E-state index contributed by atoms with van der Waals surface area (Å²) < 4.78 is 6.80. The Labute approximate surface area is 161 Å². The van der Waals surface area contributed by atoms with E-state index in [1.54, 1.807) is 11.3 Å². The molecule has 0 saturated heterocycles. The van der Waals surface area contributed by atoms with Gasteiger partial charge in [0.2, 0.25) is 0 Å². The Balaban J connectivity index is 1.64. The summed E-state index contributed by atoms with van der Waals surface area (Å²) in [6, 6.07) is 5.87. The van der Waals surface area contributed by atoms with E-state index in [0.717, 1.165) is 34.3 Å². The molecular formula is C19H23BrN2O2S. The number of halogens is 1. The van der Waals surface area contributed by atoms with Gasteiger partial charge in [0.25, 0.3) is 5.91 Å². The number of carbonyl (C=O) groups excluding carboxylic acids is 1. The quantitative estimate of drug-likeness (QED) is 0.745. The van der Waals surface area contributed by atoms with E-state index >= 15 is 0 Å². The van der Waals surface area contributed by atoms with Gasteiger partial charge in [0, 0.05) is 14.9 Å². The van der Waals surface area contributed by atoms with Crippen molar-refractivity contribution in [3.63, 3.8) is 0 Å². The van der Waals surface area contributed by atoms with E-state index in [-0.39, 0.29) is 17.9 Å². The smallest absolute Gasteiger partial charge is 0.264 e. The minimum absolute atomic E-state index is 0.0189. The third-order valence-electron chi connectivity index (χ3n) is 4.20. The molecule has 1 aliphatic rings. The third-order valence-corrected chi connectivity index (χ3v) is 5.77. The van der Waals surface area contributed by atoms with E-state index in [2.05, 4.69) is 47.0 Å². The maximum absolute atomic E-state index is 12.2. The molecule has 1 aromatic carbocycles. The topological polar surface area (TPSA) is 51.2 Å². The molecule has 0 fully saturated rings. The van der Waals surface area contributed by atoms with Crippen molar-refractivity contribution < 1.29 is 9.53 Å². The molecule has 1 heterocycles. The van der Waals surface area contributed by atoms with Crippen LogP contribution >= 0.6 is 27.3 Å². The van der Waals surface area contributed by atoms with Crippen molar-refractivity contribution in [2.45, 2.75) is 51.9 Å². The van der Waals surface area contributed by atoms with Crippen LogP contribution in [0.2, 0.25) is 0 Å². The number of nitrogens with zero attached hydrogens (tertiary/aromatic N) is 1. The number of rotatable bonds is 4. The number of hydrogen-bond donors (Lipinski definition) is 1. The minimum Gasteiger partial charge on any atom is -0.483 e. The van der Waals surface area contributed by atoms with Gasteiger partial charge in [-0.15, -0.1) is 11.3 Å². The van der Waals surface area contributed by atoms with E-state index < -0.39 is 0 Å². The number of nitrogens with one attached hydrogen (secondary N) is 1. The summed E-state index contributed by atoms with van der Waals surface area (Å²) in [6.07, 6.45) is 4.50. The number of benzene rings is 1. The fourth-order valence-electron chi connectivity index (χ4n) is 2.92. The number of fused-ring (bicyclic) bond motifs is 1. The number of amides is 1. The molecule has 0 atom stereocenters. The average Bonchev–Trinajstić information content (AvgIpc) is 2.95. The molecule has 1 aromatic heterocycles. The van der Waals surface area contributed by atoms with Crippen LogP contribution in [0, 0.1) is 0 Å². The van der Waals surface area contributed by atoms with Gasteiger partial charge >= 0.3 is 0 Å². The van der Waals surface area contributed by atoms with Crippen molar-refractivity contribution in [3.05, 3.63) is 38.8 Å². The standard InChI is InChI=1S/C19H23BrN2O2S/c1-19(2,3)13-10-12(20)8-9-15(13)24-11-17(23)22-18-21-14-6-4-5-7-16(14)25-18/h8-10H,4-7,11H2,1-3H3,(H,21,22,23). The average molecular weight is 423 g/mol. The number of thiazole rings is 1. The van der Waals surface area contributed by atoms with Crippen molar-refractivity contribution in [1.29, 1.82) is 0 Å². The predicted octanol–water partition coefficient (Wildman–Crippen LogP) is 5.10. The number of aryl methyl sites for hydroxylation is 2. The van der Waals surface area contributed by atoms with E-state index in [9.17, 15) is 4.79 Å². The Morgan fingerprint density at radius 2 is 2.08 bits per heavy atom. The second-order valence-electron chi connectivity index (χ2n) is 7.32. The lowest BCUT2D eigenvalue weighted by atomic mass is 9.86. The summed E-state index contributed by atoms with van der Waals surface area (Å²) in [5.41, 5.74) is 2.15. The maximum Gasteiger partial charge on any atom is 0.264 e. The van der Waals surface area contributed by atoms with Crippen molar-refractivity contribution in [1.82, 2.24) is 4.98 Å². The first-order valence-electron chi connectivity index (χ1n) is 8.54. The molecule has 0 bridgehead atoms. The van der Waals surface area contributed by atoms with E-state index in [1.165, 1.54) is 17.7 Å². The second kappa shape index (κ2) is 7.46. The molecule has 3 rings (SSSR count). The van der Waals surface area contributed by atoms with Crippen molar-refractivity contribution in [3.8, 4) is 5.75 Å². The van der Waals surface area contributed by atoms with Crippen molar-refractivity contribution in [2.75, 3.05) is 11.9 Å². The van der Waals surface area contributed by atoms with Crippen LogP contribution in [0.15, 0.2) is 22.7 Å². The Bertz CT molecular complexity index is 757. The zero-order valence-electron chi connectivity index (χ0n) is 14.8. The van der Waals surface area contributed by atoms with Gasteiger partial charge in [-0.25, -0.2) is 4.98 Å². The summed E-state index contributed by atoms with van der Waals surface area (Å²) in [4.78, 5) is 18.1. The second-order valence-corrected chi connectivity index (χ2v) is 9.32. The monoisotopic (exact) mass is 422 g/mol. The number of anilines is 1. The molecule has 0 spiro atoms. The highest BCUT2D eigenvalue weighted by atomic mass is 79.9. The molecule has 0 unspecified atom stereocenters. The molecule has 1 N–H and O–H groups in total. The lowest BCUT2D eigenvalue weighted by Crippen LogP contribution is -2.22. The zero-order valence-corrected chi connectivity index (χ0v) is 17.2. The Hall–Kier alpha value is -1.40. The van der Waals surface area contributed by atoms with Crippen LogP contribution in [0.1, 0.15) is 49.7 Å². The van der Waals surface area contributed by atoms with Gasteiger partial charge < -0.3 is 4.74 Å². The number of hydrogen-bond acceptors (Lipinski definition) is 4. The summed E-state index contributed by atoms with van der Waals surface area (Å²) in [6.45, 7) is 6.36. The van der Waals surface area contributed by atoms with Gasteiger partial charge in [0.05, 0.1) is 5.69 Å². The highest BCUT2D eigenvalue weighted by Crippen LogP contribution is 2.34. The third kappa shape index (κ3) is 4.61. The van der Waals surface area contributed by atoms with Crippen LogP contribution in [-0.2, 0) is 23.1 Å². The van der Waals surface area contributed by atoms with E-state index in [0.29, 0.717) is 5.13 Å². The Kier molecular flexibility index (Phi) is 5.49. The van der Waals surface area contributed by atoms with Gasteiger partial charge in [0.1, 0.15) is 5.75 Å². The van der Waals surface area contributed by atoms with Crippen LogP contribution in [0.4, 0.5) is 5.13 Å². The summed E-state index contributed by atoms with van der Waals surface area (Å²) in [5.74, 6) is 0.568. The highest BCUT2D eigenvalue weighted by Gasteiger charge is 2.20. The molecule has 25 heavy (non-hydrogen) atoms. The minimum atomic E-state index is -0.172. The summed E-state index contributed by atoms with van der Waals surface area (Å²) in [5, 5.41) is 3.56. The van der Waals surface area contributed by atoms with Gasteiger partial charge in [-0.3, -0.25) is 10.1 Å². The normalized spacial score (nSPS) is 14.1. The molecule has 0 radical (unpaired) electrons. The van der Waals surface area contributed by atoms with Crippen molar-refractivity contribution in [2.24, 2.45) is 0 Å². The van der Waals surface area contributed by atoms with Gasteiger partial charge in [-0.2, -0.15) is 0 Å². The van der Waals surface area contributed by atoms with Crippen molar-refractivity contribution >= 4 is 38.3 Å². The Morgan fingerprint density at radius 3 is 2.80 bits per heavy atom. The van der Waals surface area contributed by atoms with Crippen LogP contribution in [0.3, 0.4) is 0 Å². The lowest BCUT2D eigenvalue weighted by Gasteiger charge is -2.23. The molecule has 1 amide bonds. The number of ether oxygens (including phenoxy) is 1. The first-order chi connectivity index (χ1) is 11.8. The van der Waals surface area contributed by atoms with Gasteiger partial charge in [-0.05, 0) is 49.3 Å². The van der Waals surface area contributed by atoms with Crippen LogP contribution in [0.25, 0.3) is 0 Å². The molecular weight excluding hydrogens is 400 g/mol.